The van der Waals surface area contributed by atoms with Gasteiger partial charge in [0.05, 0.1) is 5.75 Å². The Bertz CT molecular complexity index is 500. The van der Waals surface area contributed by atoms with Crippen LogP contribution in [-0.2, 0) is 5.75 Å². The maximum Gasteiger partial charge on any atom is 0.247 e. The van der Waals surface area contributed by atoms with Crippen molar-refractivity contribution in [2.75, 3.05) is 6.54 Å². The molecule has 96 valence electrons. The Morgan fingerprint density at radius 2 is 2.06 bits per heavy atom. The van der Waals surface area contributed by atoms with E-state index in [1.54, 1.807) is 23.9 Å². The van der Waals surface area contributed by atoms with Gasteiger partial charge >= 0.3 is 0 Å². The summed E-state index contributed by atoms with van der Waals surface area (Å²) in [6, 6.07) is 7.31. The summed E-state index contributed by atoms with van der Waals surface area (Å²) in [5.41, 5.74) is 6.42. The molecule has 0 radical (unpaired) electrons. The van der Waals surface area contributed by atoms with Gasteiger partial charge in [0.15, 0.2) is 0 Å². The number of hydrogen-bond donors (Lipinski definition) is 1. The van der Waals surface area contributed by atoms with Gasteiger partial charge in [-0.1, -0.05) is 18.5 Å². The summed E-state index contributed by atoms with van der Waals surface area (Å²) in [7, 11) is 0. The average molecular weight is 284 g/mol. The lowest BCUT2D eigenvalue weighted by molar-refractivity contribution is 0.528. The second-order valence-electron chi connectivity index (χ2n) is 3.87. The van der Waals surface area contributed by atoms with E-state index >= 15 is 0 Å². The van der Waals surface area contributed by atoms with Crippen molar-refractivity contribution in [1.82, 2.24) is 10.2 Å². The van der Waals surface area contributed by atoms with Crippen LogP contribution in [0.4, 0.5) is 0 Å². The van der Waals surface area contributed by atoms with E-state index in [0.717, 1.165) is 5.56 Å². The highest BCUT2D eigenvalue weighted by atomic mass is 35.5. The van der Waals surface area contributed by atoms with Crippen molar-refractivity contribution in [3.63, 3.8) is 0 Å². The second-order valence-corrected chi connectivity index (χ2v) is 5.73. The van der Waals surface area contributed by atoms with E-state index in [-0.39, 0.29) is 0 Å². The lowest BCUT2D eigenvalue weighted by Gasteiger charge is -2.04. The van der Waals surface area contributed by atoms with Crippen LogP contribution in [0.15, 0.2) is 28.7 Å². The number of aromatic nitrogens is 2. The van der Waals surface area contributed by atoms with Crippen molar-refractivity contribution < 1.29 is 4.42 Å². The molecule has 2 rings (SSSR count). The molecule has 0 spiro atoms. The molecular weight excluding hydrogens is 270 g/mol. The van der Waals surface area contributed by atoms with Crippen LogP contribution in [0.3, 0.4) is 0 Å². The number of benzene rings is 1. The van der Waals surface area contributed by atoms with Crippen molar-refractivity contribution in [1.29, 1.82) is 0 Å². The summed E-state index contributed by atoms with van der Waals surface area (Å²) in [6.07, 6.45) is 0. The van der Waals surface area contributed by atoms with Crippen molar-refractivity contribution in [2.45, 2.75) is 17.9 Å². The number of halogens is 1. The SMILES string of the molecule is CC(CN)SCc1nnc(-c2ccc(Cl)cc2)o1. The standard InChI is InChI=1S/C12H14ClN3OS/c1-8(6-14)18-7-11-15-16-12(17-11)9-2-4-10(13)5-3-9/h2-5,8H,6-7,14H2,1H3. The molecule has 1 heterocycles. The minimum Gasteiger partial charge on any atom is -0.420 e. The first-order valence-corrected chi connectivity index (χ1v) is 7.01. The number of nitrogens with two attached hydrogens (primary N) is 1. The molecule has 4 nitrogen and oxygen atoms in total. The smallest absolute Gasteiger partial charge is 0.247 e. The van der Waals surface area contributed by atoms with Crippen molar-refractivity contribution >= 4 is 23.4 Å². The van der Waals surface area contributed by atoms with Gasteiger partial charge in [-0.3, -0.25) is 0 Å². The topological polar surface area (TPSA) is 64.9 Å². The first kappa shape index (κ1) is 13.4. The summed E-state index contributed by atoms with van der Waals surface area (Å²) in [5.74, 6) is 1.81. The molecule has 1 atom stereocenters. The van der Waals surface area contributed by atoms with Gasteiger partial charge in [0, 0.05) is 22.4 Å². The monoisotopic (exact) mass is 283 g/mol. The maximum atomic E-state index is 5.82. The molecule has 0 aliphatic carbocycles. The summed E-state index contributed by atoms with van der Waals surface area (Å²) >= 11 is 7.52. The van der Waals surface area contributed by atoms with E-state index in [4.69, 9.17) is 21.8 Å². The Hall–Kier alpha value is -1.04. The van der Waals surface area contributed by atoms with E-state index < -0.39 is 0 Å². The Morgan fingerprint density at radius 1 is 1.33 bits per heavy atom. The largest absolute Gasteiger partial charge is 0.420 e. The predicted molar refractivity (Wildman–Crippen MR) is 74.6 cm³/mol. The fourth-order valence-electron chi connectivity index (χ4n) is 1.30. The van der Waals surface area contributed by atoms with E-state index in [1.807, 2.05) is 12.1 Å². The third-order valence-corrected chi connectivity index (χ3v) is 3.81. The van der Waals surface area contributed by atoms with E-state index in [0.29, 0.717) is 34.4 Å². The molecule has 0 fully saturated rings. The average Bonchev–Trinajstić information content (AvgIpc) is 2.85. The van der Waals surface area contributed by atoms with Crippen LogP contribution in [-0.4, -0.2) is 22.0 Å². The first-order valence-electron chi connectivity index (χ1n) is 5.59. The Labute approximate surface area is 115 Å². The van der Waals surface area contributed by atoms with Gasteiger partial charge in [0.25, 0.3) is 0 Å². The Balaban J connectivity index is 2.03. The Kier molecular flexibility index (Phi) is 4.63. The zero-order valence-corrected chi connectivity index (χ0v) is 11.5. The van der Waals surface area contributed by atoms with Crippen LogP contribution in [0.2, 0.25) is 5.02 Å². The summed E-state index contributed by atoms with van der Waals surface area (Å²) < 4.78 is 5.58. The second kappa shape index (κ2) is 6.22. The van der Waals surface area contributed by atoms with E-state index in [1.165, 1.54) is 0 Å². The molecule has 0 bridgehead atoms. The molecule has 1 aromatic carbocycles. The minimum absolute atomic E-state index is 0.385. The lowest BCUT2D eigenvalue weighted by Crippen LogP contribution is -2.12. The lowest BCUT2D eigenvalue weighted by atomic mass is 10.2. The molecule has 2 aromatic rings. The zero-order chi connectivity index (χ0) is 13.0. The van der Waals surface area contributed by atoms with Crippen molar-refractivity contribution in [3.8, 4) is 11.5 Å². The van der Waals surface area contributed by atoms with Gasteiger partial charge in [-0.15, -0.1) is 22.0 Å². The van der Waals surface area contributed by atoms with E-state index in [9.17, 15) is 0 Å². The van der Waals surface area contributed by atoms with Gasteiger partial charge in [-0.05, 0) is 24.3 Å². The molecule has 0 aliphatic heterocycles. The van der Waals surface area contributed by atoms with Crippen molar-refractivity contribution in [3.05, 3.63) is 35.2 Å². The molecule has 18 heavy (non-hydrogen) atoms. The van der Waals surface area contributed by atoms with Crippen LogP contribution < -0.4 is 5.73 Å². The molecule has 1 unspecified atom stereocenters. The van der Waals surface area contributed by atoms with Gasteiger partial charge in [0.1, 0.15) is 0 Å². The highest BCUT2D eigenvalue weighted by Gasteiger charge is 2.09. The Morgan fingerprint density at radius 3 is 2.72 bits per heavy atom. The number of thioether (sulfide) groups is 1. The van der Waals surface area contributed by atoms with Gasteiger partial charge < -0.3 is 10.2 Å². The van der Waals surface area contributed by atoms with E-state index in [2.05, 4.69) is 17.1 Å². The molecular formula is C12H14ClN3OS. The zero-order valence-electron chi connectivity index (χ0n) is 9.97. The molecule has 0 saturated carbocycles. The molecule has 2 N–H and O–H groups in total. The molecule has 6 heteroatoms. The van der Waals surface area contributed by atoms with Crippen LogP contribution >= 0.6 is 23.4 Å². The number of rotatable bonds is 5. The highest BCUT2D eigenvalue weighted by molar-refractivity contribution is 7.99. The van der Waals surface area contributed by atoms with Crippen LogP contribution in [0.1, 0.15) is 12.8 Å². The number of hydrogen-bond acceptors (Lipinski definition) is 5. The first-order chi connectivity index (χ1) is 8.69. The van der Waals surface area contributed by atoms with Crippen molar-refractivity contribution in [2.24, 2.45) is 5.73 Å². The molecule has 0 aliphatic rings. The fraction of sp³-hybridized carbons (Fsp3) is 0.333. The molecule has 0 amide bonds. The maximum absolute atomic E-state index is 5.82. The fourth-order valence-corrected chi connectivity index (χ4v) is 2.11. The van der Waals surface area contributed by atoms with Crippen LogP contribution in [0.5, 0.6) is 0 Å². The predicted octanol–water partition coefficient (Wildman–Crippen LogP) is 2.97. The highest BCUT2D eigenvalue weighted by Crippen LogP contribution is 2.22. The van der Waals surface area contributed by atoms with Crippen LogP contribution in [0.25, 0.3) is 11.5 Å². The quantitative estimate of drug-likeness (QED) is 0.914. The summed E-state index contributed by atoms with van der Waals surface area (Å²) in [4.78, 5) is 0. The molecule has 1 aromatic heterocycles. The minimum atomic E-state index is 0.385. The van der Waals surface area contributed by atoms with Gasteiger partial charge in [-0.25, -0.2) is 0 Å². The summed E-state index contributed by atoms with van der Waals surface area (Å²) in [6.45, 7) is 2.71. The summed E-state index contributed by atoms with van der Waals surface area (Å²) in [5, 5.41) is 9.10. The third-order valence-electron chi connectivity index (χ3n) is 2.38. The van der Waals surface area contributed by atoms with Crippen LogP contribution in [0, 0.1) is 0 Å². The third kappa shape index (κ3) is 3.48. The van der Waals surface area contributed by atoms with Gasteiger partial charge in [0.2, 0.25) is 11.8 Å². The molecule has 0 saturated heterocycles. The number of nitrogens with zero attached hydrogens (tertiary/aromatic N) is 2. The normalized spacial score (nSPS) is 12.6. The van der Waals surface area contributed by atoms with Gasteiger partial charge in [-0.2, -0.15) is 0 Å².